The van der Waals surface area contributed by atoms with Crippen LogP contribution in [0.1, 0.15) is 41.6 Å². The second-order valence-corrected chi connectivity index (χ2v) is 5.45. The van der Waals surface area contributed by atoms with E-state index in [4.69, 9.17) is 4.52 Å². The second-order valence-electron chi connectivity index (χ2n) is 5.45. The monoisotopic (exact) mass is 324 g/mol. The number of halogens is 2. The van der Waals surface area contributed by atoms with Gasteiger partial charge in [0.05, 0.1) is 5.69 Å². The molecule has 122 valence electrons. The first-order chi connectivity index (χ1) is 10.8. The topological polar surface area (TPSA) is 73.6 Å². The summed E-state index contributed by atoms with van der Waals surface area (Å²) in [6, 6.07) is 4.01. The van der Waals surface area contributed by atoms with Gasteiger partial charge in [-0.3, -0.25) is 4.79 Å². The van der Waals surface area contributed by atoms with Crippen LogP contribution in [0.15, 0.2) is 22.7 Å². The molecule has 2 heterocycles. The number of ether oxygens (including phenoxy) is 2. The van der Waals surface area contributed by atoms with Crippen LogP contribution in [0.25, 0.3) is 0 Å². The summed E-state index contributed by atoms with van der Waals surface area (Å²) in [4.78, 5) is 12.4. The Hall–Kier alpha value is -2.64. The zero-order chi connectivity index (χ0) is 16.8. The maximum absolute atomic E-state index is 13.0. The first-order valence-corrected chi connectivity index (χ1v) is 6.94. The predicted molar refractivity (Wildman–Crippen MR) is 75.9 cm³/mol. The van der Waals surface area contributed by atoms with Crippen LogP contribution in [-0.2, 0) is 0 Å². The molecule has 0 aliphatic carbocycles. The third-order valence-electron chi connectivity index (χ3n) is 3.30. The zero-order valence-corrected chi connectivity index (χ0v) is 12.6. The highest BCUT2D eigenvalue weighted by molar-refractivity contribution is 6.05. The number of fused-ring (bicyclic) bond motifs is 1. The highest BCUT2D eigenvalue weighted by atomic mass is 19.3. The minimum atomic E-state index is -3.69. The number of rotatable bonds is 3. The fraction of sp³-hybridized carbons (Fsp3) is 0.333. The molecule has 1 aliphatic heterocycles. The largest absolute Gasteiger partial charge is 0.586 e. The predicted octanol–water partition coefficient (Wildman–Crippen LogP) is 3.68. The van der Waals surface area contributed by atoms with Gasteiger partial charge in [0.2, 0.25) is 0 Å². The van der Waals surface area contributed by atoms with Crippen LogP contribution in [0.3, 0.4) is 0 Å². The standard InChI is InChI=1S/C15H14F2N2O4/c1-7(2)13-12(8(3)19-23-13)14(20)18-9-4-5-10-11(6-9)22-15(16,17)21-10/h4-7H,1-3H3,(H,18,20). The Morgan fingerprint density at radius 1 is 1.26 bits per heavy atom. The van der Waals surface area contributed by atoms with Gasteiger partial charge in [0, 0.05) is 17.7 Å². The van der Waals surface area contributed by atoms with E-state index in [9.17, 15) is 13.6 Å². The van der Waals surface area contributed by atoms with Crippen LogP contribution in [0, 0.1) is 6.92 Å². The van der Waals surface area contributed by atoms with Crippen LogP contribution >= 0.6 is 0 Å². The summed E-state index contributed by atoms with van der Waals surface area (Å²) in [5.74, 6) is -0.214. The molecule has 1 amide bonds. The van der Waals surface area contributed by atoms with E-state index < -0.39 is 12.2 Å². The average Bonchev–Trinajstić information content (AvgIpc) is 2.96. The SMILES string of the molecule is Cc1noc(C(C)C)c1C(=O)Nc1ccc2c(c1)OC(F)(F)O2. The number of benzene rings is 1. The molecule has 8 heteroatoms. The number of carbonyl (C=O) groups is 1. The van der Waals surface area contributed by atoms with Crippen LogP contribution in [-0.4, -0.2) is 17.4 Å². The van der Waals surface area contributed by atoms with E-state index in [-0.39, 0.29) is 17.4 Å². The number of alkyl halides is 2. The van der Waals surface area contributed by atoms with E-state index in [0.717, 1.165) is 0 Å². The molecule has 0 saturated heterocycles. The maximum atomic E-state index is 13.0. The van der Waals surface area contributed by atoms with Crippen molar-refractivity contribution < 1.29 is 27.6 Å². The number of aromatic nitrogens is 1. The summed E-state index contributed by atoms with van der Waals surface area (Å²) in [6.07, 6.45) is -3.69. The van der Waals surface area contributed by atoms with Crippen molar-refractivity contribution >= 4 is 11.6 Å². The molecule has 1 N–H and O–H groups in total. The molecule has 2 aromatic rings. The highest BCUT2D eigenvalue weighted by Gasteiger charge is 2.43. The van der Waals surface area contributed by atoms with E-state index in [1.165, 1.54) is 18.2 Å². The molecule has 23 heavy (non-hydrogen) atoms. The number of nitrogens with one attached hydrogen (secondary N) is 1. The molecule has 6 nitrogen and oxygen atoms in total. The molecule has 0 unspecified atom stereocenters. The van der Waals surface area contributed by atoms with E-state index >= 15 is 0 Å². The van der Waals surface area contributed by atoms with Gasteiger partial charge >= 0.3 is 6.29 Å². The van der Waals surface area contributed by atoms with Crippen molar-refractivity contribution in [2.24, 2.45) is 0 Å². The number of hydrogen-bond acceptors (Lipinski definition) is 5. The van der Waals surface area contributed by atoms with Gasteiger partial charge in [-0.2, -0.15) is 0 Å². The van der Waals surface area contributed by atoms with Crippen molar-refractivity contribution in [2.75, 3.05) is 5.32 Å². The van der Waals surface area contributed by atoms with Crippen LogP contribution < -0.4 is 14.8 Å². The highest BCUT2D eigenvalue weighted by Crippen LogP contribution is 2.42. The minimum Gasteiger partial charge on any atom is -0.395 e. The molecule has 0 fully saturated rings. The summed E-state index contributed by atoms with van der Waals surface area (Å²) in [7, 11) is 0. The number of hydrogen-bond donors (Lipinski definition) is 1. The number of aryl methyl sites for hydroxylation is 1. The van der Waals surface area contributed by atoms with Crippen molar-refractivity contribution in [3.8, 4) is 11.5 Å². The fourth-order valence-electron chi connectivity index (χ4n) is 2.28. The van der Waals surface area contributed by atoms with Crippen molar-refractivity contribution in [1.82, 2.24) is 5.16 Å². The molecule has 1 aromatic heterocycles. The average molecular weight is 324 g/mol. The van der Waals surface area contributed by atoms with Crippen molar-refractivity contribution in [3.05, 3.63) is 35.2 Å². The Balaban J connectivity index is 1.84. The van der Waals surface area contributed by atoms with Crippen molar-refractivity contribution in [1.29, 1.82) is 0 Å². The number of anilines is 1. The molecule has 0 saturated carbocycles. The Kier molecular flexibility index (Phi) is 3.46. The third-order valence-corrected chi connectivity index (χ3v) is 3.30. The van der Waals surface area contributed by atoms with Gasteiger partial charge in [0.25, 0.3) is 5.91 Å². The summed E-state index contributed by atoms with van der Waals surface area (Å²) in [5.41, 5.74) is 1.09. The number of amides is 1. The summed E-state index contributed by atoms with van der Waals surface area (Å²) in [5, 5.41) is 6.42. The molecule has 0 atom stereocenters. The lowest BCUT2D eigenvalue weighted by molar-refractivity contribution is -0.286. The van der Waals surface area contributed by atoms with E-state index in [2.05, 4.69) is 19.9 Å². The second kappa shape index (κ2) is 5.22. The van der Waals surface area contributed by atoms with Crippen molar-refractivity contribution in [2.45, 2.75) is 33.0 Å². The lowest BCUT2D eigenvalue weighted by atomic mass is 10.0. The van der Waals surface area contributed by atoms with Gasteiger partial charge in [-0.1, -0.05) is 19.0 Å². The third kappa shape index (κ3) is 2.84. The minimum absolute atomic E-state index is 0.0209. The maximum Gasteiger partial charge on any atom is 0.586 e. The van der Waals surface area contributed by atoms with Gasteiger partial charge in [-0.05, 0) is 19.1 Å². The van der Waals surface area contributed by atoms with Crippen molar-refractivity contribution in [3.63, 3.8) is 0 Å². The smallest absolute Gasteiger partial charge is 0.395 e. The van der Waals surface area contributed by atoms with Crippen LogP contribution in [0.2, 0.25) is 0 Å². The molecule has 0 spiro atoms. The lowest BCUT2D eigenvalue weighted by Gasteiger charge is -2.07. The normalized spacial score (nSPS) is 15.0. The molecule has 0 radical (unpaired) electrons. The number of nitrogens with zero attached hydrogens (tertiary/aromatic N) is 1. The van der Waals surface area contributed by atoms with Gasteiger partial charge in [0.15, 0.2) is 17.3 Å². The summed E-state index contributed by atoms with van der Waals surface area (Å²) in [6.45, 7) is 5.41. The first-order valence-electron chi connectivity index (χ1n) is 6.94. The molecule has 1 aromatic carbocycles. The Labute approximate surface area is 130 Å². The molecule has 0 bridgehead atoms. The molecular weight excluding hydrogens is 310 g/mol. The van der Waals surface area contributed by atoms with E-state index in [0.29, 0.717) is 22.7 Å². The Bertz CT molecular complexity index is 771. The van der Waals surface area contributed by atoms with Gasteiger partial charge in [0.1, 0.15) is 5.56 Å². The summed E-state index contributed by atoms with van der Waals surface area (Å²) < 4.78 is 39.8. The first kappa shape index (κ1) is 15.3. The molecule has 3 rings (SSSR count). The molecular formula is C15H14F2N2O4. The Morgan fingerprint density at radius 2 is 1.96 bits per heavy atom. The van der Waals surface area contributed by atoms with Gasteiger partial charge in [-0.25, -0.2) is 0 Å². The zero-order valence-electron chi connectivity index (χ0n) is 12.6. The van der Waals surface area contributed by atoms with Gasteiger partial charge in [-0.15, -0.1) is 8.78 Å². The summed E-state index contributed by atoms with van der Waals surface area (Å²) >= 11 is 0. The lowest BCUT2D eigenvalue weighted by Crippen LogP contribution is -2.25. The fourth-order valence-corrected chi connectivity index (χ4v) is 2.28. The quantitative estimate of drug-likeness (QED) is 0.932. The van der Waals surface area contributed by atoms with E-state index in [1.807, 2.05) is 13.8 Å². The Morgan fingerprint density at radius 3 is 2.65 bits per heavy atom. The molecule has 1 aliphatic rings. The van der Waals surface area contributed by atoms with E-state index in [1.54, 1.807) is 6.92 Å². The van der Waals surface area contributed by atoms with Crippen LogP contribution in [0.5, 0.6) is 11.5 Å². The van der Waals surface area contributed by atoms with Gasteiger partial charge < -0.3 is 19.3 Å². The van der Waals surface area contributed by atoms with Crippen LogP contribution in [0.4, 0.5) is 14.5 Å². The number of carbonyl (C=O) groups excluding carboxylic acids is 1.